The number of hydrogen-bond acceptors (Lipinski definition) is 6. The maximum absolute atomic E-state index is 12.9. The Morgan fingerprint density at radius 1 is 0.694 bits per heavy atom. The van der Waals surface area contributed by atoms with Crippen molar-refractivity contribution in [3.8, 4) is 0 Å². The molecule has 4 rings (SSSR count). The summed E-state index contributed by atoms with van der Waals surface area (Å²) in [6.45, 7) is 0.439. The molecule has 36 heavy (non-hydrogen) atoms. The zero-order chi connectivity index (χ0) is 25.2. The molecule has 3 aromatic rings. The van der Waals surface area contributed by atoms with E-state index in [9.17, 15) is 14.4 Å². The molecule has 0 spiro atoms. The van der Waals surface area contributed by atoms with Crippen molar-refractivity contribution in [2.75, 3.05) is 0 Å². The van der Waals surface area contributed by atoms with Gasteiger partial charge in [0.2, 0.25) is 0 Å². The van der Waals surface area contributed by atoms with Crippen LogP contribution in [0.4, 0.5) is 14.4 Å². The molecule has 0 aliphatic heterocycles. The van der Waals surface area contributed by atoms with E-state index in [4.69, 9.17) is 14.2 Å². The molecule has 0 unspecified atom stereocenters. The van der Waals surface area contributed by atoms with E-state index >= 15 is 0 Å². The fraction of sp³-hybridized carbons (Fsp3) is 0.250. The van der Waals surface area contributed by atoms with Crippen LogP contribution in [0.3, 0.4) is 0 Å². The third-order valence-corrected chi connectivity index (χ3v) is 5.81. The summed E-state index contributed by atoms with van der Waals surface area (Å²) < 4.78 is 16.4. The Kier molecular flexibility index (Phi) is 8.67. The summed E-state index contributed by atoms with van der Waals surface area (Å²) in [5.74, 6) is 0. The van der Waals surface area contributed by atoms with Crippen molar-refractivity contribution in [1.82, 2.24) is 10.2 Å². The Balaban J connectivity index is 1.33. The molecule has 0 atom stereocenters. The minimum absolute atomic E-state index is 0.00254. The third kappa shape index (κ3) is 7.16. The zero-order valence-electron chi connectivity index (χ0n) is 19.7. The molecule has 8 heteroatoms. The largest absolute Gasteiger partial charge is 0.444 e. The van der Waals surface area contributed by atoms with Crippen LogP contribution in [0.2, 0.25) is 0 Å². The quantitative estimate of drug-likeness (QED) is 0.455. The lowest BCUT2D eigenvalue weighted by atomic mass is 9.88. The lowest BCUT2D eigenvalue weighted by molar-refractivity contribution is -0.0477. The van der Waals surface area contributed by atoms with Crippen molar-refractivity contribution < 1.29 is 28.6 Å². The number of alkyl carbamates (subject to hydrolysis) is 1. The van der Waals surface area contributed by atoms with E-state index in [0.717, 1.165) is 21.6 Å². The molecule has 1 fully saturated rings. The highest BCUT2D eigenvalue weighted by Gasteiger charge is 2.41. The van der Waals surface area contributed by atoms with Crippen LogP contribution in [0.1, 0.15) is 29.5 Å². The van der Waals surface area contributed by atoms with E-state index in [2.05, 4.69) is 5.32 Å². The van der Waals surface area contributed by atoms with Crippen LogP contribution in [0.25, 0.3) is 0 Å². The number of benzene rings is 3. The molecule has 186 valence electrons. The summed E-state index contributed by atoms with van der Waals surface area (Å²) in [5.41, 5.74) is 2.60. The second-order valence-corrected chi connectivity index (χ2v) is 8.45. The first-order chi connectivity index (χ1) is 17.6. The predicted molar refractivity (Wildman–Crippen MR) is 132 cm³/mol. The van der Waals surface area contributed by atoms with Crippen molar-refractivity contribution in [2.45, 2.75) is 44.8 Å². The van der Waals surface area contributed by atoms with Gasteiger partial charge in [-0.3, -0.25) is 0 Å². The van der Waals surface area contributed by atoms with Crippen LogP contribution in [0, 0.1) is 0 Å². The van der Waals surface area contributed by atoms with Gasteiger partial charge in [0, 0.05) is 6.04 Å². The first-order valence-electron chi connectivity index (χ1n) is 11.8. The molecule has 0 radical (unpaired) electrons. The molecule has 3 aromatic carbocycles. The van der Waals surface area contributed by atoms with Gasteiger partial charge in [-0.15, -0.1) is 0 Å². The van der Waals surface area contributed by atoms with E-state index in [1.54, 1.807) is 12.1 Å². The maximum Gasteiger partial charge on any atom is 0.418 e. The number of rotatable bonds is 8. The number of hydrogen-bond donors (Lipinski definition) is 1. The SMILES string of the molecule is O=C(NC(=O)N(C(=O)OCc1ccccc1)[C@H]1C[C@H](OCc2ccccc2)C1)OCc1ccccc1. The smallest absolute Gasteiger partial charge is 0.418 e. The van der Waals surface area contributed by atoms with E-state index in [1.165, 1.54) is 0 Å². The Morgan fingerprint density at radius 2 is 1.17 bits per heavy atom. The summed E-state index contributed by atoms with van der Waals surface area (Å²) in [6.07, 6.45) is -1.00. The second kappa shape index (κ2) is 12.5. The topological polar surface area (TPSA) is 94.2 Å². The molecule has 1 saturated carbocycles. The Bertz CT molecular complexity index is 1130. The van der Waals surface area contributed by atoms with Crippen molar-refractivity contribution in [3.63, 3.8) is 0 Å². The summed E-state index contributed by atoms with van der Waals surface area (Å²) >= 11 is 0. The van der Waals surface area contributed by atoms with Crippen molar-refractivity contribution in [1.29, 1.82) is 0 Å². The molecule has 1 aliphatic carbocycles. The summed E-state index contributed by atoms with van der Waals surface area (Å²) in [7, 11) is 0. The molecule has 0 aromatic heterocycles. The fourth-order valence-electron chi connectivity index (χ4n) is 3.77. The minimum Gasteiger partial charge on any atom is -0.444 e. The lowest BCUT2D eigenvalue weighted by Crippen LogP contribution is -2.57. The number of urea groups is 1. The van der Waals surface area contributed by atoms with E-state index in [1.807, 2.05) is 78.9 Å². The number of carbonyl (C=O) groups is 3. The van der Waals surface area contributed by atoms with Gasteiger partial charge in [-0.1, -0.05) is 91.0 Å². The van der Waals surface area contributed by atoms with Crippen LogP contribution >= 0.6 is 0 Å². The molecule has 0 saturated heterocycles. The van der Waals surface area contributed by atoms with Gasteiger partial charge in [0.05, 0.1) is 12.7 Å². The van der Waals surface area contributed by atoms with Crippen LogP contribution in [0.5, 0.6) is 0 Å². The first-order valence-corrected chi connectivity index (χ1v) is 11.8. The number of imide groups is 2. The molecular formula is C28H28N2O6. The Hall–Kier alpha value is -4.17. The van der Waals surface area contributed by atoms with E-state index in [-0.39, 0.29) is 19.3 Å². The normalized spacial score (nSPS) is 16.3. The number of nitrogens with one attached hydrogen (secondary N) is 1. The molecule has 0 bridgehead atoms. The van der Waals surface area contributed by atoms with Crippen molar-refractivity contribution >= 4 is 18.2 Å². The summed E-state index contributed by atoms with van der Waals surface area (Å²) in [5, 5.41) is 2.14. The lowest BCUT2D eigenvalue weighted by Gasteiger charge is -2.40. The zero-order valence-corrected chi connectivity index (χ0v) is 19.7. The maximum atomic E-state index is 12.9. The van der Waals surface area contributed by atoms with Crippen molar-refractivity contribution in [2.24, 2.45) is 0 Å². The van der Waals surface area contributed by atoms with Crippen LogP contribution in [-0.2, 0) is 34.0 Å². The van der Waals surface area contributed by atoms with Gasteiger partial charge in [0.25, 0.3) is 0 Å². The van der Waals surface area contributed by atoms with Crippen LogP contribution in [0.15, 0.2) is 91.0 Å². The van der Waals surface area contributed by atoms with Gasteiger partial charge in [-0.2, -0.15) is 0 Å². The average molecular weight is 489 g/mol. The standard InChI is InChI=1S/C28H28N2O6/c31-26(29-27(32)35-19-22-12-6-2-7-13-22)30(28(33)36-20-23-14-8-3-9-15-23)24-16-25(17-24)34-18-21-10-4-1-5-11-21/h1-15,24-25H,16-20H2,(H,29,31,32)/t24-,25-. The molecule has 4 amide bonds. The first kappa shape index (κ1) is 24.9. The number of carbonyl (C=O) groups excluding carboxylic acids is 3. The monoisotopic (exact) mass is 488 g/mol. The summed E-state index contributed by atoms with van der Waals surface area (Å²) in [6, 6.07) is 26.6. The van der Waals surface area contributed by atoms with Gasteiger partial charge in [0.15, 0.2) is 0 Å². The second-order valence-electron chi connectivity index (χ2n) is 8.45. The Morgan fingerprint density at radius 3 is 1.69 bits per heavy atom. The minimum atomic E-state index is -0.944. The van der Waals surface area contributed by atoms with Gasteiger partial charge < -0.3 is 14.2 Å². The summed E-state index contributed by atoms with van der Waals surface area (Å²) in [4.78, 5) is 39.0. The van der Waals surface area contributed by atoms with E-state index < -0.39 is 24.3 Å². The predicted octanol–water partition coefficient (Wildman–Crippen LogP) is 5.42. The molecule has 1 N–H and O–H groups in total. The third-order valence-electron chi connectivity index (χ3n) is 5.81. The Labute approximate surface area is 209 Å². The van der Waals surface area contributed by atoms with Crippen molar-refractivity contribution in [3.05, 3.63) is 108 Å². The van der Waals surface area contributed by atoms with Crippen LogP contribution in [-0.4, -0.2) is 35.3 Å². The molecule has 8 nitrogen and oxygen atoms in total. The van der Waals surface area contributed by atoms with Gasteiger partial charge in [-0.25, -0.2) is 24.6 Å². The molecule has 0 heterocycles. The number of nitrogens with zero attached hydrogens (tertiary/aromatic N) is 1. The highest BCUT2D eigenvalue weighted by atomic mass is 16.6. The fourth-order valence-corrected chi connectivity index (χ4v) is 3.77. The van der Waals surface area contributed by atoms with E-state index in [0.29, 0.717) is 19.4 Å². The number of ether oxygens (including phenoxy) is 3. The van der Waals surface area contributed by atoms with Crippen LogP contribution < -0.4 is 5.32 Å². The van der Waals surface area contributed by atoms with Gasteiger partial charge >= 0.3 is 18.2 Å². The highest BCUT2D eigenvalue weighted by molar-refractivity contribution is 5.98. The van der Waals surface area contributed by atoms with Gasteiger partial charge in [0.1, 0.15) is 13.2 Å². The van der Waals surface area contributed by atoms with Gasteiger partial charge in [-0.05, 0) is 29.5 Å². The molecule has 1 aliphatic rings. The highest BCUT2D eigenvalue weighted by Crippen LogP contribution is 2.30. The molecular weight excluding hydrogens is 460 g/mol. The number of amides is 4. The average Bonchev–Trinajstić information content (AvgIpc) is 2.89.